The minimum Gasteiger partial charge on any atom is -0.481 e. The minimum atomic E-state index is 0.483. The molecule has 0 saturated heterocycles. The molecule has 0 amide bonds. The van der Waals surface area contributed by atoms with Crippen LogP contribution >= 0.6 is 0 Å². The lowest BCUT2D eigenvalue weighted by Gasteiger charge is -2.12. The van der Waals surface area contributed by atoms with Gasteiger partial charge in [-0.25, -0.2) is 15.0 Å². The smallest absolute Gasteiger partial charge is 0.212 e. The summed E-state index contributed by atoms with van der Waals surface area (Å²) in [7, 11) is 1.60. The Labute approximate surface area is 123 Å². The molecule has 1 aliphatic rings. The molecule has 0 aromatic carbocycles. The monoisotopic (exact) mass is 285 g/mol. The highest BCUT2D eigenvalue weighted by molar-refractivity contribution is 5.55. The normalized spacial score (nSPS) is 14.0. The molecule has 1 saturated carbocycles. The van der Waals surface area contributed by atoms with Gasteiger partial charge in [0.15, 0.2) is 0 Å². The number of nitrogens with one attached hydrogen (secondary N) is 1. The number of pyridine rings is 1. The highest BCUT2D eigenvalue weighted by Gasteiger charge is 2.27. The predicted molar refractivity (Wildman–Crippen MR) is 81.3 cm³/mol. The molecule has 0 atom stereocenters. The molecule has 0 aliphatic heterocycles. The van der Waals surface area contributed by atoms with Crippen molar-refractivity contribution < 1.29 is 4.74 Å². The van der Waals surface area contributed by atoms with Crippen molar-refractivity contribution in [3.63, 3.8) is 0 Å². The molecule has 1 aliphatic carbocycles. The van der Waals surface area contributed by atoms with Crippen LogP contribution in [0.3, 0.4) is 0 Å². The lowest BCUT2D eigenvalue weighted by molar-refractivity contribution is 0.397. The number of aromatic nitrogens is 3. The third kappa shape index (κ3) is 3.04. The van der Waals surface area contributed by atoms with Gasteiger partial charge in [0, 0.05) is 30.3 Å². The quantitative estimate of drug-likeness (QED) is 0.876. The van der Waals surface area contributed by atoms with Crippen molar-refractivity contribution in [1.29, 1.82) is 0 Å². The molecule has 0 unspecified atom stereocenters. The third-order valence-electron chi connectivity index (χ3n) is 3.61. The lowest BCUT2D eigenvalue weighted by atomic mass is 10.2. The fourth-order valence-electron chi connectivity index (χ4n) is 2.07. The summed E-state index contributed by atoms with van der Waals surface area (Å²) >= 11 is 0. The van der Waals surface area contributed by atoms with Gasteiger partial charge >= 0.3 is 0 Å². The average molecular weight is 285 g/mol. The largest absolute Gasteiger partial charge is 0.481 e. The summed E-state index contributed by atoms with van der Waals surface area (Å²) in [6.07, 6.45) is 4.10. The molecule has 2 aromatic rings. The second-order valence-corrected chi connectivity index (χ2v) is 5.28. The standard InChI is InChI=1S/C15H19N5O/c1-9-13(16)19-15(11-4-5-11)20-14(9)18-8-10-3-6-12(21-2)17-7-10/h3,6-7,11H,4-5,8H2,1-2H3,(H3,16,18,19,20). The Balaban J connectivity index is 1.74. The Hall–Kier alpha value is -2.37. The molecule has 110 valence electrons. The first-order valence-electron chi connectivity index (χ1n) is 7.04. The fourth-order valence-corrected chi connectivity index (χ4v) is 2.07. The molecule has 1 fully saturated rings. The van der Waals surface area contributed by atoms with Gasteiger partial charge in [0.2, 0.25) is 5.88 Å². The van der Waals surface area contributed by atoms with E-state index in [1.165, 1.54) is 0 Å². The van der Waals surface area contributed by atoms with E-state index in [2.05, 4.69) is 20.3 Å². The zero-order valence-electron chi connectivity index (χ0n) is 12.3. The SMILES string of the molecule is COc1ccc(CNc2nc(C3CC3)nc(N)c2C)cn1. The van der Waals surface area contributed by atoms with Crippen LogP contribution in [0.15, 0.2) is 18.3 Å². The number of hydrogen-bond donors (Lipinski definition) is 2. The number of nitrogens with two attached hydrogens (primary N) is 1. The zero-order chi connectivity index (χ0) is 14.8. The number of ether oxygens (including phenoxy) is 1. The van der Waals surface area contributed by atoms with E-state index in [0.717, 1.165) is 35.6 Å². The van der Waals surface area contributed by atoms with E-state index in [1.807, 2.05) is 19.1 Å². The summed E-state index contributed by atoms with van der Waals surface area (Å²) in [6, 6.07) is 3.81. The highest BCUT2D eigenvalue weighted by atomic mass is 16.5. The Morgan fingerprint density at radius 3 is 2.76 bits per heavy atom. The molecule has 0 radical (unpaired) electrons. The number of hydrogen-bond acceptors (Lipinski definition) is 6. The summed E-state index contributed by atoms with van der Waals surface area (Å²) in [5.74, 6) is 3.31. The van der Waals surface area contributed by atoms with Gasteiger partial charge in [-0.05, 0) is 25.3 Å². The molecular weight excluding hydrogens is 266 g/mol. The molecule has 3 N–H and O–H groups in total. The number of nitrogens with zero attached hydrogens (tertiary/aromatic N) is 3. The fraction of sp³-hybridized carbons (Fsp3) is 0.400. The van der Waals surface area contributed by atoms with Crippen LogP contribution in [0.5, 0.6) is 5.88 Å². The Morgan fingerprint density at radius 1 is 1.33 bits per heavy atom. The number of methoxy groups -OCH3 is 1. The van der Waals surface area contributed by atoms with Crippen LogP contribution in [0.25, 0.3) is 0 Å². The van der Waals surface area contributed by atoms with E-state index in [0.29, 0.717) is 24.2 Å². The number of anilines is 2. The Kier molecular flexibility index (Phi) is 3.60. The van der Waals surface area contributed by atoms with Gasteiger partial charge in [0.25, 0.3) is 0 Å². The average Bonchev–Trinajstić information content (AvgIpc) is 3.34. The second-order valence-electron chi connectivity index (χ2n) is 5.28. The highest BCUT2D eigenvalue weighted by Crippen LogP contribution is 2.39. The van der Waals surface area contributed by atoms with E-state index in [4.69, 9.17) is 10.5 Å². The molecular formula is C15H19N5O. The maximum Gasteiger partial charge on any atom is 0.212 e. The molecule has 6 nitrogen and oxygen atoms in total. The van der Waals surface area contributed by atoms with Crippen LogP contribution in [0, 0.1) is 6.92 Å². The van der Waals surface area contributed by atoms with Crippen molar-refractivity contribution in [3.8, 4) is 5.88 Å². The maximum absolute atomic E-state index is 5.97. The molecule has 21 heavy (non-hydrogen) atoms. The van der Waals surface area contributed by atoms with Crippen LogP contribution in [-0.2, 0) is 6.54 Å². The molecule has 0 bridgehead atoms. The van der Waals surface area contributed by atoms with E-state index in [9.17, 15) is 0 Å². The lowest BCUT2D eigenvalue weighted by Crippen LogP contribution is -2.09. The summed E-state index contributed by atoms with van der Waals surface area (Å²) in [4.78, 5) is 13.2. The van der Waals surface area contributed by atoms with Crippen molar-refractivity contribution in [3.05, 3.63) is 35.3 Å². The van der Waals surface area contributed by atoms with Crippen LogP contribution in [-0.4, -0.2) is 22.1 Å². The molecule has 3 rings (SSSR count). The summed E-state index contributed by atoms with van der Waals surface area (Å²) in [5.41, 5.74) is 7.92. The maximum atomic E-state index is 5.97. The van der Waals surface area contributed by atoms with Gasteiger partial charge in [-0.3, -0.25) is 0 Å². The van der Waals surface area contributed by atoms with Crippen LogP contribution in [0.1, 0.15) is 35.7 Å². The minimum absolute atomic E-state index is 0.483. The second kappa shape index (κ2) is 5.55. The molecule has 2 heterocycles. The molecule has 6 heteroatoms. The Morgan fingerprint density at radius 2 is 2.14 bits per heavy atom. The van der Waals surface area contributed by atoms with E-state index in [-0.39, 0.29) is 0 Å². The number of nitrogen functional groups attached to an aromatic ring is 1. The molecule has 0 spiro atoms. The van der Waals surface area contributed by atoms with Crippen LogP contribution < -0.4 is 15.8 Å². The summed E-state index contributed by atoms with van der Waals surface area (Å²) in [6.45, 7) is 2.57. The number of rotatable bonds is 5. The third-order valence-corrected chi connectivity index (χ3v) is 3.61. The zero-order valence-corrected chi connectivity index (χ0v) is 12.3. The van der Waals surface area contributed by atoms with Crippen molar-refractivity contribution in [2.24, 2.45) is 0 Å². The predicted octanol–water partition coefficient (Wildman–Crippen LogP) is 2.26. The van der Waals surface area contributed by atoms with Crippen LogP contribution in [0.2, 0.25) is 0 Å². The van der Waals surface area contributed by atoms with E-state index < -0.39 is 0 Å². The topological polar surface area (TPSA) is 86.0 Å². The Bertz CT molecular complexity index is 637. The van der Waals surface area contributed by atoms with Gasteiger partial charge in [0.05, 0.1) is 7.11 Å². The van der Waals surface area contributed by atoms with Crippen LogP contribution in [0.4, 0.5) is 11.6 Å². The van der Waals surface area contributed by atoms with Crippen molar-refractivity contribution >= 4 is 11.6 Å². The van der Waals surface area contributed by atoms with Gasteiger partial charge in [-0.2, -0.15) is 0 Å². The first-order valence-corrected chi connectivity index (χ1v) is 7.04. The first-order chi connectivity index (χ1) is 10.2. The van der Waals surface area contributed by atoms with E-state index in [1.54, 1.807) is 13.3 Å². The summed E-state index contributed by atoms with van der Waals surface area (Å²) in [5, 5.41) is 3.32. The van der Waals surface area contributed by atoms with Gasteiger partial charge in [0.1, 0.15) is 17.5 Å². The van der Waals surface area contributed by atoms with Crippen molar-refractivity contribution in [1.82, 2.24) is 15.0 Å². The summed E-state index contributed by atoms with van der Waals surface area (Å²) < 4.78 is 5.05. The van der Waals surface area contributed by atoms with Gasteiger partial charge < -0.3 is 15.8 Å². The van der Waals surface area contributed by atoms with Crippen molar-refractivity contribution in [2.45, 2.75) is 32.2 Å². The first kappa shape index (κ1) is 13.6. The van der Waals surface area contributed by atoms with E-state index >= 15 is 0 Å². The van der Waals surface area contributed by atoms with Gasteiger partial charge in [-0.15, -0.1) is 0 Å². The van der Waals surface area contributed by atoms with Gasteiger partial charge in [-0.1, -0.05) is 6.07 Å². The van der Waals surface area contributed by atoms with Crippen molar-refractivity contribution in [2.75, 3.05) is 18.2 Å². The molecule has 2 aromatic heterocycles.